The molecule has 1 N–H and O–H groups in total. The van der Waals surface area contributed by atoms with E-state index in [0.29, 0.717) is 23.1 Å². The number of aliphatic hydroxyl groups is 1. The maximum Gasteiger partial charge on any atom is 0.0805 e. The minimum absolute atomic E-state index is 0.507. The van der Waals surface area contributed by atoms with Crippen LogP contribution in [0.3, 0.4) is 0 Å². The summed E-state index contributed by atoms with van der Waals surface area (Å²) in [7, 11) is 1.64. The largest absolute Gasteiger partial charge is 0.388 e. The van der Waals surface area contributed by atoms with Crippen LogP contribution in [-0.2, 0) is 4.74 Å². The van der Waals surface area contributed by atoms with Crippen LogP contribution >= 0.6 is 23.2 Å². The summed E-state index contributed by atoms with van der Waals surface area (Å²) in [5.41, 5.74) is 0.720. The highest BCUT2D eigenvalue weighted by Crippen LogP contribution is 2.28. The van der Waals surface area contributed by atoms with E-state index in [0.717, 1.165) is 12.0 Å². The molecule has 2 nitrogen and oxygen atoms in total. The van der Waals surface area contributed by atoms with Crippen LogP contribution in [0, 0.1) is 0 Å². The Morgan fingerprint density at radius 3 is 2.73 bits per heavy atom. The molecule has 0 heterocycles. The molecule has 0 radical (unpaired) electrons. The first-order valence-electron chi connectivity index (χ1n) is 4.77. The van der Waals surface area contributed by atoms with Crippen molar-refractivity contribution in [3.8, 4) is 0 Å². The van der Waals surface area contributed by atoms with Crippen LogP contribution in [0.15, 0.2) is 18.2 Å². The summed E-state index contributed by atoms with van der Waals surface area (Å²) in [5, 5.41) is 10.9. The Bertz CT molecular complexity index is 315. The second kappa shape index (κ2) is 6.33. The monoisotopic (exact) mass is 248 g/mol. The highest BCUT2D eigenvalue weighted by Gasteiger charge is 2.11. The maximum absolute atomic E-state index is 9.84. The molecule has 0 saturated carbocycles. The van der Waals surface area contributed by atoms with E-state index in [2.05, 4.69) is 0 Å². The van der Waals surface area contributed by atoms with Crippen LogP contribution in [0.1, 0.15) is 24.5 Å². The number of hydrogen-bond donors (Lipinski definition) is 1. The Hall–Kier alpha value is -0.280. The van der Waals surface area contributed by atoms with Crippen LogP contribution in [0.4, 0.5) is 0 Å². The third kappa shape index (κ3) is 3.99. The van der Waals surface area contributed by atoms with Crippen LogP contribution < -0.4 is 0 Å². The lowest BCUT2D eigenvalue weighted by Gasteiger charge is -2.12. The molecule has 0 aliphatic carbocycles. The molecule has 0 aromatic heterocycles. The molecule has 0 aliphatic rings. The molecular weight excluding hydrogens is 235 g/mol. The molecule has 1 unspecified atom stereocenters. The summed E-state index contributed by atoms with van der Waals surface area (Å²) in [6.07, 6.45) is 0.885. The quantitative estimate of drug-likeness (QED) is 0.810. The third-order valence-corrected chi connectivity index (χ3v) is 2.71. The van der Waals surface area contributed by atoms with Gasteiger partial charge in [-0.25, -0.2) is 0 Å². The van der Waals surface area contributed by atoms with Gasteiger partial charge in [0, 0.05) is 23.8 Å². The highest BCUT2D eigenvalue weighted by molar-refractivity contribution is 6.35. The van der Waals surface area contributed by atoms with E-state index < -0.39 is 6.10 Å². The lowest BCUT2D eigenvalue weighted by molar-refractivity contribution is 0.136. The Morgan fingerprint density at radius 1 is 1.40 bits per heavy atom. The Balaban J connectivity index is 2.61. The van der Waals surface area contributed by atoms with Crippen molar-refractivity contribution in [3.05, 3.63) is 33.8 Å². The van der Waals surface area contributed by atoms with E-state index in [1.165, 1.54) is 0 Å². The SMILES string of the molecule is COCCCC(O)c1ccc(Cl)cc1Cl. The zero-order valence-electron chi connectivity index (χ0n) is 8.54. The summed E-state index contributed by atoms with van der Waals surface area (Å²) in [6.45, 7) is 0.641. The Morgan fingerprint density at radius 2 is 2.13 bits per heavy atom. The van der Waals surface area contributed by atoms with E-state index in [9.17, 15) is 5.11 Å². The minimum Gasteiger partial charge on any atom is -0.388 e. The van der Waals surface area contributed by atoms with Crippen molar-refractivity contribution < 1.29 is 9.84 Å². The molecule has 4 heteroatoms. The summed E-state index contributed by atoms with van der Waals surface area (Å²) >= 11 is 11.7. The first-order chi connectivity index (χ1) is 7.15. The fourth-order valence-corrected chi connectivity index (χ4v) is 1.88. The van der Waals surface area contributed by atoms with Crippen LogP contribution in [-0.4, -0.2) is 18.8 Å². The van der Waals surface area contributed by atoms with Crippen molar-refractivity contribution in [1.29, 1.82) is 0 Å². The molecule has 0 bridgehead atoms. The predicted octanol–water partition coefficient (Wildman–Crippen LogP) is 3.45. The van der Waals surface area contributed by atoms with Crippen molar-refractivity contribution in [3.63, 3.8) is 0 Å². The van der Waals surface area contributed by atoms with Gasteiger partial charge in [0.05, 0.1) is 6.10 Å². The normalized spacial score (nSPS) is 12.8. The fraction of sp³-hybridized carbons (Fsp3) is 0.455. The number of rotatable bonds is 5. The van der Waals surface area contributed by atoms with Gasteiger partial charge in [-0.15, -0.1) is 0 Å². The van der Waals surface area contributed by atoms with Gasteiger partial charge in [0.25, 0.3) is 0 Å². The second-order valence-corrected chi connectivity index (χ2v) is 4.16. The maximum atomic E-state index is 9.84. The molecule has 84 valence electrons. The summed E-state index contributed by atoms with van der Waals surface area (Å²) in [6, 6.07) is 5.11. The van der Waals surface area contributed by atoms with Crippen molar-refractivity contribution >= 4 is 23.2 Å². The van der Waals surface area contributed by atoms with Gasteiger partial charge in [0.1, 0.15) is 0 Å². The lowest BCUT2D eigenvalue weighted by atomic mass is 10.1. The van der Waals surface area contributed by atoms with E-state index in [1.807, 2.05) is 0 Å². The number of halogens is 2. The van der Waals surface area contributed by atoms with Gasteiger partial charge in [0.15, 0.2) is 0 Å². The van der Waals surface area contributed by atoms with E-state index in [1.54, 1.807) is 25.3 Å². The molecule has 15 heavy (non-hydrogen) atoms. The van der Waals surface area contributed by atoms with Gasteiger partial charge in [-0.3, -0.25) is 0 Å². The average molecular weight is 249 g/mol. The summed E-state index contributed by atoms with van der Waals surface area (Å²) in [5.74, 6) is 0. The minimum atomic E-state index is -0.551. The van der Waals surface area contributed by atoms with Gasteiger partial charge in [-0.2, -0.15) is 0 Å². The zero-order valence-corrected chi connectivity index (χ0v) is 10.1. The topological polar surface area (TPSA) is 29.5 Å². The summed E-state index contributed by atoms with van der Waals surface area (Å²) in [4.78, 5) is 0. The number of aliphatic hydroxyl groups excluding tert-OH is 1. The predicted molar refractivity (Wildman–Crippen MR) is 62.5 cm³/mol. The number of benzene rings is 1. The lowest BCUT2D eigenvalue weighted by Crippen LogP contribution is -2.00. The van der Waals surface area contributed by atoms with E-state index in [-0.39, 0.29) is 0 Å². The Labute approximate surface area is 99.8 Å². The van der Waals surface area contributed by atoms with E-state index >= 15 is 0 Å². The third-order valence-electron chi connectivity index (χ3n) is 2.15. The summed E-state index contributed by atoms with van der Waals surface area (Å²) < 4.78 is 4.91. The zero-order chi connectivity index (χ0) is 11.3. The molecule has 1 aromatic rings. The standard InChI is InChI=1S/C11H14Cl2O2/c1-15-6-2-3-11(14)9-5-4-8(12)7-10(9)13/h4-5,7,11,14H,2-3,6H2,1H3. The molecule has 0 amide bonds. The number of ether oxygens (including phenoxy) is 1. The van der Waals surface area contributed by atoms with Gasteiger partial charge in [-0.05, 0) is 30.5 Å². The van der Waals surface area contributed by atoms with E-state index in [4.69, 9.17) is 27.9 Å². The molecule has 1 aromatic carbocycles. The molecule has 0 fully saturated rings. The molecule has 1 rings (SSSR count). The van der Waals surface area contributed by atoms with Crippen molar-refractivity contribution in [2.45, 2.75) is 18.9 Å². The van der Waals surface area contributed by atoms with Crippen molar-refractivity contribution in [2.24, 2.45) is 0 Å². The second-order valence-electron chi connectivity index (χ2n) is 3.32. The van der Waals surface area contributed by atoms with Crippen LogP contribution in [0.25, 0.3) is 0 Å². The number of methoxy groups -OCH3 is 1. The molecule has 0 saturated heterocycles. The van der Waals surface area contributed by atoms with Crippen molar-refractivity contribution in [1.82, 2.24) is 0 Å². The molecule has 1 atom stereocenters. The average Bonchev–Trinajstić information content (AvgIpc) is 2.17. The molecular formula is C11H14Cl2O2. The smallest absolute Gasteiger partial charge is 0.0805 e. The van der Waals surface area contributed by atoms with Crippen molar-refractivity contribution in [2.75, 3.05) is 13.7 Å². The van der Waals surface area contributed by atoms with Gasteiger partial charge >= 0.3 is 0 Å². The molecule has 0 spiro atoms. The first-order valence-corrected chi connectivity index (χ1v) is 5.52. The van der Waals surface area contributed by atoms with Crippen LogP contribution in [0.2, 0.25) is 10.0 Å². The molecule has 0 aliphatic heterocycles. The van der Waals surface area contributed by atoms with Gasteiger partial charge < -0.3 is 9.84 Å². The number of hydrogen-bond acceptors (Lipinski definition) is 2. The Kier molecular flexibility index (Phi) is 5.40. The first kappa shape index (κ1) is 12.8. The van der Waals surface area contributed by atoms with Gasteiger partial charge in [0.2, 0.25) is 0 Å². The van der Waals surface area contributed by atoms with Crippen LogP contribution in [0.5, 0.6) is 0 Å². The highest BCUT2D eigenvalue weighted by atomic mass is 35.5. The fourth-order valence-electron chi connectivity index (χ4n) is 1.35. The van der Waals surface area contributed by atoms with Gasteiger partial charge in [-0.1, -0.05) is 29.3 Å².